The van der Waals surface area contributed by atoms with E-state index in [0.717, 1.165) is 0 Å². The molecule has 0 N–H and O–H groups in total. The van der Waals surface area contributed by atoms with E-state index in [-0.39, 0.29) is 5.02 Å². The number of hydrogen-bond acceptors (Lipinski definition) is 0. The summed E-state index contributed by atoms with van der Waals surface area (Å²) in [6.07, 6.45) is 0. The molecule has 1 aromatic rings. The molecule has 0 aliphatic heterocycles. The van der Waals surface area contributed by atoms with Crippen LogP contribution in [0.15, 0.2) is 6.07 Å². The van der Waals surface area contributed by atoms with Crippen LogP contribution in [0.1, 0.15) is 16.0 Å². The minimum atomic E-state index is -0.767. The number of hydrogen-bond donors (Lipinski definition) is 0. The van der Waals surface area contributed by atoms with Crippen molar-refractivity contribution in [3.05, 3.63) is 34.1 Å². The Kier molecular flexibility index (Phi) is 3.22. The van der Waals surface area contributed by atoms with E-state index >= 15 is 0 Å². The molecule has 4 heteroatoms. The zero-order valence-electron chi connectivity index (χ0n) is 6.17. The molecule has 0 aliphatic rings. The minimum absolute atomic E-state index is 0.241. The molecule has 1 radical (unpaired) electrons. The molecule has 1 rings (SSSR count). The summed E-state index contributed by atoms with van der Waals surface area (Å²) < 4.78 is 12.8. The molecule has 0 spiro atoms. The molecule has 12 heavy (non-hydrogen) atoms. The first kappa shape index (κ1) is 10.1. The predicted octanol–water partition coefficient (Wildman–Crippen LogP) is 4.06. The molecule has 0 bridgehead atoms. The van der Waals surface area contributed by atoms with E-state index in [9.17, 15) is 4.39 Å². The lowest BCUT2D eigenvalue weighted by atomic mass is 10.1. The Hall–Kier alpha value is 0.0200. The highest BCUT2D eigenvalue weighted by molar-refractivity contribution is 6.45. The lowest BCUT2D eigenvalue weighted by Crippen LogP contribution is -1.91. The van der Waals surface area contributed by atoms with Gasteiger partial charge in [-0.1, -0.05) is 34.8 Å². The summed E-state index contributed by atoms with van der Waals surface area (Å²) in [7, 11) is 0. The molecule has 65 valence electrons. The first-order valence-corrected chi connectivity index (χ1v) is 4.43. The van der Waals surface area contributed by atoms with E-state index in [2.05, 4.69) is 6.07 Å². The summed E-state index contributed by atoms with van der Waals surface area (Å²) in [5.74, 6) is -0.405. The second kappa shape index (κ2) is 3.82. The molecule has 0 aliphatic carbocycles. The topological polar surface area (TPSA) is 0 Å². The molecule has 0 amide bonds. The molecule has 0 aromatic heterocycles. The van der Waals surface area contributed by atoms with Crippen LogP contribution < -0.4 is 0 Å². The van der Waals surface area contributed by atoms with E-state index in [1.807, 2.05) is 0 Å². The van der Waals surface area contributed by atoms with Gasteiger partial charge in [-0.05, 0) is 19.1 Å². The average Bonchev–Trinajstić information content (AvgIpc) is 2.00. The molecule has 0 unspecified atom stereocenters. The maximum atomic E-state index is 12.8. The van der Waals surface area contributed by atoms with E-state index in [4.69, 9.17) is 34.8 Å². The summed E-state index contributed by atoms with van der Waals surface area (Å²) in [5, 5.41) is 0.241. The zero-order chi connectivity index (χ0) is 9.30. The molecular weight excluding hydrogens is 221 g/mol. The fraction of sp³-hybridized carbons (Fsp3) is 0.250. The summed E-state index contributed by atoms with van der Waals surface area (Å²) in [4.78, 5) is -0.767. The smallest absolute Gasteiger partial charge is 0.134 e. The number of halogens is 4. The summed E-state index contributed by atoms with van der Waals surface area (Å²) in [5.41, 5.74) is 0.760. The van der Waals surface area contributed by atoms with E-state index in [1.54, 1.807) is 6.92 Å². The second-order valence-corrected chi connectivity index (χ2v) is 3.76. The van der Waals surface area contributed by atoms with Gasteiger partial charge in [0.25, 0.3) is 0 Å². The van der Waals surface area contributed by atoms with Crippen LogP contribution in [0.3, 0.4) is 0 Å². The molecule has 0 fully saturated rings. The number of rotatable bonds is 1. The van der Waals surface area contributed by atoms with E-state index < -0.39 is 10.7 Å². The maximum Gasteiger partial charge on any atom is 0.134 e. The van der Waals surface area contributed by atoms with Crippen molar-refractivity contribution in [2.24, 2.45) is 0 Å². The Morgan fingerprint density at radius 2 is 2.08 bits per heavy atom. The molecule has 0 saturated carbocycles. The van der Waals surface area contributed by atoms with Crippen molar-refractivity contribution in [1.29, 1.82) is 0 Å². The van der Waals surface area contributed by atoms with Crippen LogP contribution in [0.5, 0.6) is 0 Å². The van der Waals surface area contributed by atoms with Crippen LogP contribution in [0.4, 0.5) is 4.39 Å². The lowest BCUT2D eigenvalue weighted by Gasteiger charge is -2.06. The van der Waals surface area contributed by atoms with Crippen LogP contribution in [-0.2, 0) is 0 Å². The van der Waals surface area contributed by atoms with Gasteiger partial charge < -0.3 is 0 Å². The van der Waals surface area contributed by atoms with Crippen LogP contribution >= 0.6 is 34.8 Å². The maximum absolute atomic E-state index is 12.8. The third-order valence-corrected chi connectivity index (χ3v) is 2.42. The minimum Gasteiger partial charge on any atom is -0.207 e. The third kappa shape index (κ3) is 1.85. The SMILES string of the molecule is Cc1c(F)c[c]c(C(Cl)Cl)c1Cl. The van der Waals surface area contributed by atoms with Gasteiger partial charge in [-0.15, -0.1) is 0 Å². The summed E-state index contributed by atoms with van der Waals surface area (Å²) >= 11 is 16.9. The molecular formula is C8H5Cl3F. The van der Waals surface area contributed by atoms with Crippen LogP contribution in [-0.4, -0.2) is 0 Å². The van der Waals surface area contributed by atoms with Gasteiger partial charge >= 0.3 is 0 Å². The summed E-state index contributed by atoms with van der Waals surface area (Å²) in [6, 6.07) is 3.75. The molecule has 0 saturated heterocycles. The third-order valence-electron chi connectivity index (χ3n) is 1.50. The quantitative estimate of drug-likeness (QED) is 0.634. The number of benzene rings is 1. The molecule has 1 aromatic carbocycles. The van der Waals surface area contributed by atoms with Crippen molar-refractivity contribution >= 4 is 34.8 Å². The normalized spacial score (nSPS) is 10.8. The van der Waals surface area contributed by atoms with Gasteiger partial charge in [0.2, 0.25) is 0 Å². The van der Waals surface area contributed by atoms with Crippen LogP contribution in [0.2, 0.25) is 5.02 Å². The molecule has 0 atom stereocenters. The summed E-state index contributed by atoms with van der Waals surface area (Å²) in [6.45, 7) is 1.56. The van der Waals surface area contributed by atoms with Crippen molar-refractivity contribution in [1.82, 2.24) is 0 Å². The largest absolute Gasteiger partial charge is 0.207 e. The Labute approximate surface area is 85.2 Å². The lowest BCUT2D eigenvalue weighted by molar-refractivity contribution is 0.617. The predicted molar refractivity (Wildman–Crippen MR) is 49.4 cm³/mol. The molecule has 0 nitrogen and oxygen atoms in total. The van der Waals surface area contributed by atoms with Crippen molar-refractivity contribution in [3.8, 4) is 0 Å². The fourth-order valence-corrected chi connectivity index (χ4v) is 1.49. The van der Waals surface area contributed by atoms with Crippen molar-refractivity contribution in [2.45, 2.75) is 11.8 Å². The van der Waals surface area contributed by atoms with Crippen LogP contribution in [0.25, 0.3) is 0 Å². The van der Waals surface area contributed by atoms with Gasteiger partial charge in [0.05, 0.1) is 5.02 Å². The van der Waals surface area contributed by atoms with Gasteiger partial charge in [0.15, 0.2) is 0 Å². The van der Waals surface area contributed by atoms with E-state index in [0.29, 0.717) is 11.1 Å². The highest BCUT2D eigenvalue weighted by Crippen LogP contribution is 2.33. The van der Waals surface area contributed by atoms with E-state index in [1.165, 1.54) is 6.07 Å². The second-order valence-electron chi connectivity index (χ2n) is 2.29. The van der Waals surface area contributed by atoms with Gasteiger partial charge in [-0.25, -0.2) is 4.39 Å². The first-order chi connectivity index (χ1) is 5.54. The zero-order valence-corrected chi connectivity index (χ0v) is 8.43. The highest BCUT2D eigenvalue weighted by Gasteiger charge is 2.12. The Morgan fingerprint density at radius 1 is 1.50 bits per heavy atom. The highest BCUT2D eigenvalue weighted by atomic mass is 35.5. The standard InChI is InChI=1S/C8H5Cl3F/c1-4-6(12)3-2-5(7(4)9)8(10)11/h3,8H,1H3. The Balaban J connectivity index is 3.27. The van der Waals surface area contributed by atoms with Gasteiger partial charge in [0.1, 0.15) is 10.7 Å². The first-order valence-electron chi connectivity index (χ1n) is 3.18. The van der Waals surface area contributed by atoms with Crippen LogP contribution in [0, 0.1) is 18.8 Å². The van der Waals surface area contributed by atoms with Crippen molar-refractivity contribution < 1.29 is 4.39 Å². The van der Waals surface area contributed by atoms with Gasteiger partial charge in [-0.3, -0.25) is 0 Å². The van der Waals surface area contributed by atoms with Gasteiger partial charge in [-0.2, -0.15) is 0 Å². The fourth-order valence-electron chi connectivity index (χ4n) is 0.778. The Morgan fingerprint density at radius 3 is 2.58 bits per heavy atom. The average molecular weight is 226 g/mol. The van der Waals surface area contributed by atoms with Gasteiger partial charge in [0, 0.05) is 11.1 Å². The Bertz CT molecular complexity index is 297. The molecule has 0 heterocycles. The monoisotopic (exact) mass is 225 g/mol. The van der Waals surface area contributed by atoms with Crippen molar-refractivity contribution in [2.75, 3.05) is 0 Å². The van der Waals surface area contributed by atoms with Crippen molar-refractivity contribution in [3.63, 3.8) is 0 Å². The number of alkyl halides is 2.